The third-order valence-corrected chi connectivity index (χ3v) is 5.87. The van der Waals surface area contributed by atoms with Gasteiger partial charge in [-0.1, -0.05) is 89.9 Å². The van der Waals surface area contributed by atoms with Crippen LogP contribution in [0.2, 0.25) is 10.0 Å². The minimum atomic E-state index is 0.327. The van der Waals surface area contributed by atoms with Crippen molar-refractivity contribution < 1.29 is 4.74 Å². The lowest BCUT2D eigenvalue weighted by atomic mass is 10.0. The molecule has 4 heteroatoms. The maximum absolute atomic E-state index is 6.31. The zero-order valence-corrected chi connectivity index (χ0v) is 18.1. The molecule has 0 bridgehead atoms. The van der Waals surface area contributed by atoms with Gasteiger partial charge in [-0.3, -0.25) is 0 Å². The van der Waals surface area contributed by atoms with Gasteiger partial charge in [-0.2, -0.15) is 0 Å². The van der Waals surface area contributed by atoms with Gasteiger partial charge in [0.2, 0.25) is 0 Å². The van der Waals surface area contributed by atoms with Gasteiger partial charge in [0, 0.05) is 27.7 Å². The number of halogens is 2. The van der Waals surface area contributed by atoms with E-state index in [1.807, 2.05) is 30.3 Å². The Kier molecular flexibility index (Phi) is 6.91. The number of benzene rings is 4. The van der Waals surface area contributed by atoms with Gasteiger partial charge in [0.15, 0.2) is 0 Å². The summed E-state index contributed by atoms with van der Waals surface area (Å²) < 4.78 is 6.20. The molecule has 0 aliphatic rings. The smallest absolute Gasteiger partial charge is 0.124 e. The predicted molar refractivity (Wildman–Crippen MR) is 127 cm³/mol. The molecule has 0 aromatic heterocycles. The number of rotatable bonds is 8. The summed E-state index contributed by atoms with van der Waals surface area (Å²) in [6.07, 6.45) is 0.983. The molecule has 0 heterocycles. The molecule has 0 unspecified atom stereocenters. The van der Waals surface area contributed by atoms with Crippen LogP contribution < -0.4 is 10.1 Å². The van der Waals surface area contributed by atoms with Crippen molar-refractivity contribution in [2.24, 2.45) is 0 Å². The minimum Gasteiger partial charge on any atom is -0.488 e. The second-order valence-corrected chi connectivity index (χ2v) is 7.98. The van der Waals surface area contributed by atoms with Crippen LogP contribution in [0, 0.1) is 0 Å². The van der Waals surface area contributed by atoms with E-state index >= 15 is 0 Å². The SMILES string of the molecule is Clc1cccc(Cl)c1COc1ccc2ccccc2c1CNCCc1ccccc1. The Morgan fingerprint density at radius 3 is 2.23 bits per heavy atom. The van der Waals surface area contributed by atoms with E-state index in [-0.39, 0.29) is 0 Å². The van der Waals surface area contributed by atoms with Crippen molar-refractivity contribution >= 4 is 34.0 Å². The average Bonchev–Trinajstić information content (AvgIpc) is 2.77. The fourth-order valence-electron chi connectivity index (χ4n) is 3.54. The van der Waals surface area contributed by atoms with Crippen molar-refractivity contribution in [1.82, 2.24) is 5.32 Å². The van der Waals surface area contributed by atoms with Crippen molar-refractivity contribution in [3.8, 4) is 5.75 Å². The van der Waals surface area contributed by atoms with Gasteiger partial charge in [0.25, 0.3) is 0 Å². The van der Waals surface area contributed by atoms with Crippen LogP contribution in [-0.2, 0) is 19.6 Å². The van der Waals surface area contributed by atoms with Crippen molar-refractivity contribution in [2.45, 2.75) is 19.6 Å². The van der Waals surface area contributed by atoms with Crippen molar-refractivity contribution in [3.05, 3.63) is 112 Å². The Morgan fingerprint density at radius 1 is 0.700 bits per heavy atom. The Balaban J connectivity index is 1.52. The van der Waals surface area contributed by atoms with Crippen LogP contribution in [0.15, 0.2) is 84.9 Å². The van der Waals surface area contributed by atoms with Gasteiger partial charge in [-0.15, -0.1) is 0 Å². The quantitative estimate of drug-likeness (QED) is 0.299. The second-order valence-electron chi connectivity index (χ2n) is 7.16. The molecular weight excluding hydrogens is 413 g/mol. The van der Waals surface area contributed by atoms with Crippen molar-refractivity contribution in [1.29, 1.82) is 0 Å². The summed E-state index contributed by atoms with van der Waals surface area (Å²) in [4.78, 5) is 0. The summed E-state index contributed by atoms with van der Waals surface area (Å²) >= 11 is 12.6. The number of ether oxygens (including phenoxy) is 1. The lowest BCUT2D eigenvalue weighted by Crippen LogP contribution is -2.17. The molecule has 0 amide bonds. The van der Waals surface area contributed by atoms with Gasteiger partial charge in [-0.25, -0.2) is 0 Å². The fraction of sp³-hybridized carbons (Fsp3) is 0.154. The van der Waals surface area contributed by atoms with E-state index in [9.17, 15) is 0 Å². The number of hydrogen-bond acceptors (Lipinski definition) is 2. The molecule has 0 atom stereocenters. The first-order chi connectivity index (χ1) is 14.7. The molecule has 4 aromatic rings. The van der Waals surface area contributed by atoms with E-state index in [1.54, 1.807) is 0 Å². The highest BCUT2D eigenvalue weighted by atomic mass is 35.5. The third-order valence-electron chi connectivity index (χ3n) is 5.17. The van der Waals surface area contributed by atoms with E-state index in [1.165, 1.54) is 16.3 Å². The summed E-state index contributed by atoms with van der Waals surface area (Å²) in [5.74, 6) is 0.844. The summed E-state index contributed by atoms with van der Waals surface area (Å²) in [5.41, 5.74) is 3.27. The van der Waals surface area contributed by atoms with E-state index in [0.717, 1.165) is 36.4 Å². The van der Waals surface area contributed by atoms with Crippen LogP contribution in [-0.4, -0.2) is 6.54 Å². The maximum atomic E-state index is 6.31. The van der Waals surface area contributed by atoms with Gasteiger partial charge < -0.3 is 10.1 Å². The average molecular weight is 436 g/mol. The minimum absolute atomic E-state index is 0.327. The van der Waals surface area contributed by atoms with E-state index < -0.39 is 0 Å². The Hall–Kier alpha value is -2.52. The molecule has 0 spiro atoms. The molecule has 0 aliphatic heterocycles. The second kappa shape index (κ2) is 9.99. The molecular formula is C26H23Cl2NO. The fourth-order valence-corrected chi connectivity index (χ4v) is 4.05. The number of hydrogen-bond donors (Lipinski definition) is 1. The Labute approximate surface area is 187 Å². The highest BCUT2D eigenvalue weighted by Crippen LogP contribution is 2.31. The maximum Gasteiger partial charge on any atom is 0.124 e. The molecule has 0 aliphatic carbocycles. The standard InChI is InChI=1S/C26H23Cl2NO/c27-24-11-6-12-25(28)23(24)18-30-26-14-13-20-9-4-5-10-21(20)22(26)17-29-16-15-19-7-2-1-3-8-19/h1-14,29H,15-18H2. The molecule has 4 aromatic carbocycles. The molecule has 0 saturated carbocycles. The predicted octanol–water partition coefficient (Wildman–Crippen LogP) is 7.06. The van der Waals surface area contributed by atoms with Crippen molar-refractivity contribution in [2.75, 3.05) is 6.54 Å². The van der Waals surface area contributed by atoms with Crippen LogP contribution >= 0.6 is 23.2 Å². The van der Waals surface area contributed by atoms with Gasteiger partial charge in [-0.05, 0) is 47.5 Å². The van der Waals surface area contributed by atoms with Gasteiger partial charge in [0.05, 0.1) is 0 Å². The lowest BCUT2D eigenvalue weighted by molar-refractivity contribution is 0.303. The highest BCUT2D eigenvalue weighted by molar-refractivity contribution is 6.35. The van der Waals surface area contributed by atoms with E-state index in [2.05, 4.69) is 59.9 Å². The van der Waals surface area contributed by atoms with Crippen LogP contribution in [0.5, 0.6) is 5.75 Å². The van der Waals surface area contributed by atoms with Gasteiger partial charge in [0.1, 0.15) is 12.4 Å². The molecule has 0 fully saturated rings. The van der Waals surface area contributed by atoms with Crippen LogP contribution in [0.25, 0.3) is 10.8 Å². The molecule has 30 heavy (non-hydrogen) atoms. The molecule has 0 radical (unpaired) electrons. The zero-order valence-electron chi connectivity index (χ0n) is 16.6. The topological polar surface area (TPSA) is 21.3 Å². The monoisotopic (exact) mass is 435 g/mol. The first kappa shape index (κ1) is 20.7. The number of fused-ring (bicyclic) bond motifs is 1. The zero-order chi connectivity index (χ0) is 20.8. The molecule has 1 N–H and O–H groups in total. The van der Waals surface area contributed by atoms with Crippen LogP contribution in [0.4, 0.5) is 0 Å². The van der Waals surface area contributed by atoms with Crippen LogP contribution in [0.1, 0.15) is 16.7 Å². The Morgan fingerprint density at radius 2 is 1.43 bits per heavy atom. The third kappa shape index (κ3) is 4.96. The molecule has 152 valence electrons. The van der Waals surface area contributed by atoms with Crippen molar-refractivity contribution in [3.63, 3.8) is 0 Å². The first-order valence-electron chi connectivity index (χ1n) is 10.0. The van der Waals surface area contributed by atoms with Gasteiger partial charge >= 0.3 is 0 Å². The molecule has 4 rings (SSSR count). The molecule has 2 nitrogen and oxygen atoms in total. The van der Waals surface area contributed by atoms with Crippen LogP contribution in [0.3, 0.4) is 0 Å². The summed E-state index contributed by atoms with van der Waals surface area (Å²) in [6, 6.07) is 28.5. The summed E-state index contributed by atoms with van der Waals surface area (Å²) in [5, 5.41) is 7.19. The first-order valence-corrected chi connectivity index (χ1v) is 10.8. The Bertz CT molecular complexity index is 1110. The summed E-state index contributed by atoms with van der Waals surface area (Å²) in [7, 11) is 0. The molecule has 0 saturated heterocycles. The normalized spacial score (nSPS) is 11.0. The largest absolute Gasteiger partial charge is 0.488 e. The lowest BCUT2D eigenvalue weighted by Gasteiger charge is -2.16. The summed E-state index contributed by atoms with van der Waals surface area (Å²) in [6.45, 7) is 1.94. The van der Waals surface area contributed by atoms with E-state index in [4.69, 9.17) is 27.9 Å². The van der Waals surface area contributed by atoms with E-state index in [0.29, 0.717) is 16.7 Å². The highest BCUT2D eigenvalue weighted by Gasteiger charge is 2.11. The number of nitrogens with one attached hydrogen (secondary N) is 1.